The van der Waals surface area contributed by atoms with Gasteiger partial charge in [-0.25, -0.2) is 13.6 Å². The molecule has 1 aliphatic rings. The van der Waals surface area contributed by atoms with E-state index in [4.69, 9.17) is 5.11 Å². The highest BCUT2D eigenvalue weighted by Crippen LogP contribution is 2.36. The van der Waals surface area contributed by atoms with Gasteiger partial charge in [-0.1, -0.05) is 0 Å². The Hall–Kier alpha value is -2.18. The van der Waals surface area contributed by atoms with Gasteiger partial charge in [0.2, 0.25) is 11.8 Å². The number of aromatic hydroxyl groups is 1. The second-order valence-electron chi connectivity index (χ2n) is 5.16. The third-order valence-electron chi connectivity index (χ3n) is 3.58. The minimum absolute atomic E-state index is 0.0999. The molecule has 0 spiro atoms. The lowest BCUT2D eigenvalue weighted by Crippen LogP contribution is -2.31. The van der Waals surface area contributed by atoms with Crippen LogP contribution >= 0.6 is 0 Å². The molecule has 1 aromatic carbocycles. The molecule has 0 saturated heterocycles. The summed E-state index contributed by atoms with van der Waals surface area (Å²) in [6, 6.07) is 3.65. The fourth-order valence-electron chi connectivity index (χ4n) is 2.33. The van der Waals surface area contributed by atoms with Crippen molar-refractivity contribution in [1.29, 1.82) is 0 Å². The third kappa shape index (κ3) is 3.68. The summed E-state index contributed by atoms with van der Waals surface area (Å²) in [5.74, 6) is -5.34. The van der Waals surface area contributed by atoms with Crippen molar-refractivity contribution in [1.82, 2.24) is 0 Å². The molecular formula is C14H15F2NO4. The van der Waals surface area contributed by atoms with Crippen LogP contribution in [0.2, 0.25) is 0 Å². The third-order valence-corrected chi connectivity index (χ3v) is 3.58. The van der Waals surface area contributed by atoms with Crippen molar-refractivity contribution in [3.63, 3.8) is 0 Å². The molecule has 0 atom stereocenters. The zero-order valence-electron chi connectivity index (χ0n) is 11.1. The number of anilines is 1. The Bertz CT molecular complexity index is 564. The lowest BCUT2D eigenvalue weighted by Gasteiger charge is -2.27. The normalized spacial score (nSPS) is 18.2. The van der Waals surface area contributed by atoms with Crippen LogP contribution in [-0.4, -0.2) is 28.0 Å². The summed E-state index contributed by atoms with van der Waals surface area (Å²) in [7, 11) is 0. The van der Waals surface area contributed by atoms with Crippen LogP contribution in [0.3, 0.4) is 0 Å². The van der Waals surface area contributed by atoms with Crippen molar-refractivity contribution in [3.8, 4) is 5.75 Å². The Balaban J connectivity index is 2.03. The van der Waals surface area contributed by atoms with Gasteiger partial charge in [-0.2, -0.15) is 0 Å². The Morgan fingerprint density at radius 2 is 1.86 bits per heavy atom. The number of amides is 1. The molecule has 3 N–H and O–H groups in total. The van der Waals surface area contributed by atoms with E-state index in [1.165, 1.54) is 6.07 Å². The minimum atomic E-state index is -2.70. The number of carbonyl (C=O) groups excluding carboxylic acids is 1. The summed E-state index contributed by atoms with van der Waals surface area (Å²) in [6.45, 7) is 0. The predicted octanol–water partition coefficient (Wildman–Crippen LogP) is 2.85. The smallest absolute Gasteiger partial charge is 0.339 e. The number of aromatic carboxylic acids is 1. The quantitative estimate of drug-likeness (QED) is 0.749. The molecule has 1 aliphatic carbocycles. The number of benzene rings is 1. The van der Waals surface area contributed by atoms with Crippen LogP contribution in [0, 0.1) is 5.92 Å². The lowest BCUT2D eigenvalue weighted by molar-refractivity contribution is -0.124. The first-order chi connectivity index (χ1) is 9.78. The number of carboxylic acid groups (broad SMARTS) is 1. The van der Waals surface area contributed by atoms with Gasteiger partial charge < -0.3 is 15.5 Å². The van der Waals surface area contributed by atoms with Gasteiger partial charge in [0.05, 0.1) is 0 Å². The van der Waals surface area contributed by atoms with Crippen LogP contribution in [0.4, 0.5) is 14.5 Å². The molecule has 2 rings (SSSR count). The highest BCUT2D eigenvalue weighted by Gasteiger charge is 2.37. The van der Waals surface area contributed by atoms with E-state index in [1.807, 2.05) is 0 Å². The Labute approximate surface area is 119 Å². The number of hydrogen-bond acceptors (Lipinski definition) is 3. The molecule has 1 aromatic rings. The summed E-state index contributed by atoms with van der Waals surface area (Å²) in [6.07, 6.45) is -0.437. The molecule has 1 saturated carbocycles. The van der Waals surface area contributed by atoms with E-state index >= 15 is 0 Å². The van der Waals surface area contributed by atoms with Crippen molar-refractivity contribution < 1.29 is 28.6 Å². The number of carbonyl (C=O) groups is 2. The topological polar surface area (TPSA) is 86.6 Å². The van der Waals surface area contributed by atoms with Gasteiger partial charge >= 0.3 is 5.97 Å². The summed E-state index contributed by atoms with van der Waals surface area (Å²) in [5.41, 5.74) is -0.115. The minimum Gasteiger partial charge on any atom is -0.507 e. The molecule has 0 bridgehead atoms. The molecule has 0 unspecified atom stereocenters. The lowest BCUT2D eigenvalue weighted by atomic mass is 9.86. The maximum Gasteiger partial charge on any atom is 0.339 e. The molecule has 0 heterocycles. The number of carboxylic acids is 1. The maximum absolute atomic E-state index is 13.0. The SMILES string of the molecule is O=C(O)c1cc(NC(=O)C2CCC(F)(F)CC2)ccc1O. The number of alkyl halides is 2. The molecule has 1 amide bonds. The average Bonchev–Trinajstić information content (AvgIpc) is 2.40. The molecule has 0 aliphatic heterocycles. The first kappa shape index (κ1) is 15.2. The molecule has 0 radical (unpaired) electrons. The second kappa shape index (κ2) is 5.67. The first-order valence-corrected chi connectivity index (χ1v) is 6.53. The number of hydrogen-bond donors (Lipinski definition) is 3. The fraction of sp³-hybridized carbons (Fsp3) is 0.429. The number of phenols is 1. The zero-order chi connectivity index (χ0) is 15.6. The van der Waals surface area contributed by atoms with Gasteiger partial charge in [-0.3, -0.25) is 4.79 Å². The van der Waals surface area contributed by atoms with E-state index in [9.17, 15) is 23.5 Å². The zero-order valence-corrected chi connectivity index (χ0v) is 11.1. The summed E-state index contributed by atoms with van der Waals surface area (Å²) in [5, 5.41) is 20.7. The maximum atomic E-state index is 13.0. The van der Waals surface area contributed by atoms with Gasteiger partial charge in [-0.15, -0.1) is 0 Å². The second-order valence-corrected chi connectivity index (χ2v) is 5.16. The van der Waals surface area contributed by atoms with Crippen LogP contribution in [0.25, 0.3) is 0 Å². The van der Waals surface area contributed by atoms with E-state index in [0.29, 0.717) is 0 Å². The Morgan fingerprint density at radius 1 is 1.24 bits per heavy atom. The Kier molecular flexibility index (Phi) is 4.11. The van der Waals surface area contributed by atoms with Crippen LogP contribution in [-0.2, 0) is 4.79 Å². The molecule has 0 aromatic heterocycles. The molecular weight excluding hydrogens is 284 g/mol. The van der Waals surface area contributed by atoms with Crippen molar-refractivity contribution in [2.45, 2.75) is 31.6 Å². The van der Waals surface area contributed by atoms with Crippen molar-refractivity contribution in [3.05, 3.63) is 23.8 Å². The van der Waals surface area contributed by atoms with E-state index in [1.54, 1.807) is 0 Å². The largest absolute Gasteiger partial charge is 0.507 e. The monoisotopic (exact) mass is 299 g/mol. The fourth-order valence-corrected chi connectivity index (χ4v) is 2.33. The van der Waals surface area contributed by atoms with Crippen LogP contribution in [0.1, 0.15) is 36.0 Å². The van der Waals surface area contributed by atoms with Gasteiger partial charge in [0.1, 0.15) is 11.3 Å². The Morgan fingerprint density at radius 3 is 2.43 bits per heavy atom. The first-order valence-electron chi connectivity index (χ1n) is 6.53. The van der Waals surface area contributed by atoms with Crippen molar-refractivity contribution >= 4 is 17.6 Å². The van der Waals surface area contributed by atoms with E-state index < -0.39 is 29.5 Å². The number of nitrogens with one attached hydrogen (secondary N) is 1. The average molecular weight is 299 g/mol. The predicted molar refractivity (Wildman–Crippen MR) is 70.6 cm³/mol. The highest BCUT2D eigenvalue weighted by atomic mass is 19.3. The number of rotatable bonds is 3. The summed E-state index contributed by atoms with van der Waals surface area (Å²) >= 11 is 0. The van der Waals surface area contributed by atoms with Gasteiger partial charge in [0.15, 0.2) is 0 Å². The van der Waals surface area contributed by atoms with E-state index in [0.717, 1.165) is 12.1 Å². The van der Waals surface area contributed by atoms with Gasteiger partial charge in [-0.05, 0) is 31.0 Å². The van der Waals surface area contributed by atoms with E-state index in [2.05, 4.69) is 5.32 Å². The van der Waals surface area contributed by atoms with Crippen LogP contribution in [0.5, 0.6) is 5.75 Å². The van der Waals surface area contributed by atoms with E-state index in [-0.39, 0.29) is 36.9 Å². The molecule has 114 valence electrons. The molecule has 5 nitrogen and oxygen atoms in total. The van der Waals surface area contributed by atoms with Crippen LogP contribution in [0.15, 0.2) is 18.2 Å². The molecule has 1 fully saturated rings. The summed E-state index contributed by atoms with van der Waals surface area (Å²) in [4.78, 5) is 22.9. The highest BCUT2D eigenvalue weighted by molar-refractivity contribution is 5.96. The standard InChI is InChI=1S/C14H15F2NO4/c15-14(16)5-3-8(4-6-14)12(19)17-9-1-2-11(18)10(7-9)13(20)21/h1-2,7-8,18H,3-6H2,(H,17,19)(H,20,21). The van der Waals surface area contributed by atoms with Crippen molar-refractivity contribution in [2.24, 2.45) is 5.92 Å². The van der Waals surface area contributed by atoms with Crippen molar-refractivity contribution in [2.75, 3.05) is 5.32 Å². The molecule has 7 heteroatoms. The summed E-state index contributed by atoms with van der Waals surface area (Å²) < 4.78 is 26.1. The van der Waals surface area contributed by atoms with Gasteiger partial charge in [0, 0.05) is 24.4 Å². The van der Waals surface area contributed by atoms with Crippen LogP contribution < -0.4 is 5.32 Å². The van der Waals surface area contributed by atoms with Gasteiger partial charge in [0.25, 0.3) is 0 Å². The molecule has 21 heavy (non-hydrogen) atoms. The number of halogens is 2.